The third-order valence-electron chi connectivity index (χ3n) is 4.58. The fourth-order valence-electron chi connectivity index (χ4n) is 2.80. The minimum absolute atomic E-state index is 0.252. The van der Waals surface area contributed by atoms with E-state index in [1.807, 2.05) is 24.3 Å². The highest BCUT2D eigenvalue weighted by Crippen LogP contribution is 2.22. The summed E-state index contributed by atoms with van der Waals surface area (Å²) in [6.07, 6.45) is 2.80. The Labute approximate surface area is 165 Å². The number of hydrogen-bond donors (Lipinski definition) is 2. The Morgan fingerprint density at radius 2 is 0.929 bits per heavy atom. The first-order valence-corrected chi connectivity index (χ1v) is 9.29. The van der Waals surface area contributed by atoms with E-state index < -0.39 is 11.9 Å². The Hall–Kier alpha value is -3.14. The van der Waals surface area contributed by atoms with Crippen molar-refractivity contribution in [3.63, 3.8) is 0 Å². The summed E-state index contributed by atoms with van der Waals surface area (Å²) in [6.45, 7) is 8.29. The number of aliphatic carboxylic acids is 2. The lowest BCUT2D eigenvalue weighted by atomic mass is 9.97. The first kappa shape index (κ1) is 21.2. The van der Waals surface area contributed by atoms with Gasteiger partial charge in [-0.3, -0.25) is 0 Å². The second-order valence-electron chi connectivity index (χ2n) is 7.37. The van der Waals surface area contributed by atoms with Crippen molar-refractivity contribution in [2.24, 2.45) is 0 Å². The Kier molecular flexibility index (Phi) is 6.94. The highest BCUT2D eigenvalue weighted by atomic mass is 16.4. The van der Waals surface area contributed by atoms with E-state index in [1.165, 1.54) is 12.2 Å². The smallest absolute Gasteiger partial charge is 0.336 e. The van der Waals surface area contributed by atoms with Gasteiger partial charge in [-0.25, -0.2) is 9.59 Å². The summed E-state index contributed by atoms with van der Waals surface area (Å²) < 4.78 is 0. The molecule has 2 rings (SSSR count). The summed E-state index contributed by atoms with van der Waals surface area (Å²) in [5, 5.41) is 19.2. The topological polar surface area (TPSA) is 74.6 Å². The summed E-state index contributed by atoms with van der Waals surface area (Å²) in [6, 6.07) is 14.9. The number of benzene rings is 2. The van der Waals surface area contributed by atoms with Crippen molar-refractivity contribution in [3.05, 3.63) is 81.9 Å². The minimum Gasteiger partial charge on any atom is -0.478 e. The molecule has 0 spiro atoms. The SMILES string of the molecule is CC(C)c1ccc(C=C(C(=O)O)C(=Cc2ccc(C(C)C)cc2)C(=O)O)cc1. The molecule has 0 aliphatic heterocycles. The van der Waals surface area contributed by atoms with Gasteiger partial charge in [-0.05, 0) is 46.2 Å². The molecule has 146 valence electrons. The largest absolute Gasteiger partial charge is 0.478 e. The molecule has 0 aliphatic carbocycles. The molecule has 0 aromatic heterocycles. The molecule has 0 bridgehead atoms. The maximum absolute atomic E-state index is 11.8. The Morgan fingerprint density at radius 1 is 0.643 bits per heavy atom. The lowest BCUT2D eigenvalue weighted by Gasteiger charge is -2.08. The summed E-state index contributed by atoms with van der Waals surface area (Å²) >= 11 is 0. The van der Waals surface area contributed by atoms with E-state index in [4.69, 9.17) is 0 Å². The number of carboxylic acid groups (broad SMARTS) is 2. The molecule has 0 amide bonds. The number of rotatable bonds is 7. The fourth-order valence-corrected chi connectivity index (χ4v) is 2.80. The highest BCUT2D eigenvalue weighted by molar-refractivity contribution is 6.11. The number of hydrogen-bond acceptors (Lipinski definition) is 2. The van der Waals surface area contributed by atoms with Crippen LogP contribution in [-0.2, 0) is 9.59 Å². The number of carboxylic acids is 2. The normalized spacial score (nSPS) is 12.5. The second kappa shape index (κ2) is 9.18. The molecule has 2 N–H and O–H groups in total. The van der Waals surface area contributed by atoms with Gasteiger partial charge in [0, 0.05) is 0 Å². The first-order chi connectivity index (χ1) is 13.2. The molecule has 0 fully saturated rings. The van der Waals surface area contributed by atoms with Crippen LogP contribution in [0.15, 0.2) is 59.7 Å². The molecule has 0 unspecified atom stereocenters. The average molecular weight is 378 g/mol. The third-order valence-corrected chi connectivity index (χ3v) is 4.58. The van der Waals surface area contributed by atoms with Crippen LogP contribution < -0.4 is 0 Å². The lowest BCUT2D eigenvalue weighted by molar-refractivity contribution is -0.136. The Bertz CT molecular complexity index is 821. The fraction of sp³-hybridized carbons (Fsp3) is 0.250. The molecule has 0 radical (unpaired) electrons. The van der Waals surface area contributed by atoms with Gasteiger partial charge in [0.2, 0.25) is 0 Å². The van der Waals surface area contributed by atoms with E-state index in [0.717, 1.165) is 11.1 Å². The zero-order chi connectivity index (χ0) is 20.8. The molecule has 2 aromatic rings. The van der Waals surface area contributed by atoms with Gasteiger partial charge in [-0.1, -0.05) is 76.2 Å². The van der Waals surface area contributed by atoms with Crippen LogP contribution in [0.2, 0.25) is 0 Å². The molecule has 4 nitrogen and oxygen atoms in total. The van der Waals surface area contributed by atoms with Crippen LogP contribution in [0.25, 0.3) is 12.2 Å². The monoisotopic (exact) mass is 378 g/mol. The summed E-state index contributed by atoms with van der Waals surface area (Å²) in [5.74, 6) is -1.83. The van der Waals surface area contributed by atoms with E-state index in [2.05, 4.69) is 27.7 Å². The predicted molar refractivity (Wildman–Crippen MR) is 112 cm³/mol. The molecular weight excluding hydrogens is 352 g/mol. The van der Waals surface area contributed by atoms with Gasteiger partial charge >= 0.3 is 11.9 Å². The summed E-state index contributed by atoms with van der Waals surface area (Å²) in [4.78, 5) is 23.6. The van der Waals surface area contributed by atoms with Crippen molar-refractivity contribution >= 4 is 24.1 Å². The Balaban J connectivity index is 2.46. The quantitative estimate of drug-likeness (QED) is 0.488. The van der Waals surface area contributed by atoms with Gasteiger partial charge < -0.3 is 10.2 Å². The molecule has 4 heteroatoms. The zero-order valence-corrected chi connectivity index (χ0v) is 16.6. The van der Waals surface area contributed by atoms with Gasteiger partial charge in [0.15, 0.2) is 0 Å². The molecule has 28 heavy (non-hydrogen) atoms. The molecule has 0 saturated heterocycles. The molecular formula is C24H26O4. The van der Waals surface area contributed by atoms with Crippen LogP contribution in [-0.4, -0.2) is 22.2 Å². The molecule has 0 heterocycles. The van der Waals surface area contributed by atoms with Crippen molar-refractivity contribution in [3.8, 4) is 0 Å². The van der Waals surface area contributed by atoms with Crippen molar-refractivity contribution in [2.45, 2.75) is 39.5 Å². The second-order valence-corrected chi connectivity index (χ2v) is 7.37. The minimum atomic E-state index is -1.28. The van der Waals surface area contributed by atoms with Crippen LogP contribution in [0.1, 0.15) is 61.8 Å². The standard InChI is InChI=1S/C24H26O4/c1-15(2)19-9-5-17(6-10-19)13-21(23(25)26)22(24(27)28)14-18-7-11-20(12-8-18)16(3)4/h5-16H,1-4H3,(H,25,26)(H,27,28). The van der Waals surface area contributed by atoms with Crippen LogP contribution in [0.5, 0.6) is 0 Å². The van der Waals surface area contributed by atoms with Crippen LogP contribution in [0, 0.1) is 0 Å². The summed E-state index contributed by atoms with van der Waals surface area (Å²) in [7, 11) is 0. The van der Waals surface area contributed by atoms with E-state index in [9.17, 15) is 19.8 Å². The molecule has 0 atom stereocenters. The zero-order valence-electron chi connectivity index (χ0n) is 16.6. The van der Waals surface area contributed by atoms with Crippen molar-refractivity contribution < 1.29 is 19.8 Å². The van der Waals surface area contributed by atoms with E-state index in [-0.39, 0.29) is 11.1 Å². The maximum atomic E-state index is 11.8. The van der Waals surface area contributed by atoms with Gasteiger partial charge in [-0.2, -0.15) is 0 Å². The Morgan fingerprint density at radius 3 is 1.14 bits per heavy atom. The third kappa shape index (κ3) is 5.43. The molecule has 0 saturated carbocycles. The van der Waals surface area contributed by atoms with Gasteiger partial charge in [0.05, 0.1) is 11.1 Å². The van der Waals surface area contributed by atoms with Crippen molar-refractivity contribution in [2.75, 3.05) is 0 Å². The van der Waals surface area contributed by atoms with Crippen LogP contribution in [0.3, 0.4) is 0 Å². The van der Waals surface area contributed by atoms with Gasteiger partial charge in [0.1, 0.15) is 0 Å². The first-order valence-electron chi connectivity index (χ1n) is 9.29. The molecule has 0 aliphatic rings. The van der Waals surface area contributed by atoms with E-state index in [0.29, 0.717) is 23.0 Å². The lowest BCUT2D eigenvalue weighted by Crippen LogP contribution is -2.11. The van der Waals surface area contributed by atoms with Crippen LogP contribution >= 0.6 is 0 Å². The van der Waals surface area contributed by atoms with Crippen molar-refractivity contribution in [1.29, 1.82) is 0 Å². The van der Waals surface area contributed by atoms with E-state index in [1.54, 1.807) is 24.3 Å². The van der Waals surface area contributed by atoms with E-state index >= 15 is 0 Å². The number of carbonyl (C=O) groups is 2. The average Bonchev–Trinajstić information content (AvgIpc) is 2.64. The van der Waals surface area contributed by atoms with Gasteiger partial charge in [-0.15, -0.1) is 0 Å². The van der Waals surface area contributed by atoms with Crippen LogP contribution in [0.4, 0.5) is 0 Å². The predicted octanol–water partition coefficient (Wildman–Crippen LogP) is 5.57. The maximum Gasteiger partial charge on any atom is 0.336 e. The summed E-state index contributed by atoms with van der Waals surface area (Å²) in [5.41, 5.74) is 3.05. The van der Waals surface area contributed by atoms with Crippen molar-refractivity contribution in [1.82, 2.24) is 0 Å². The molecule has 2 aromatic carbocycles. The highest BCUT2D eigenvalue weighted by Gasteiger charge is 2.20. The van der Waals surface area contributed by atoms with Gasteiger partial charge in [0.25, 0.3) is 0 Å².